The van der Waals surface area contributed by atoms with Crippen molar-refractivity contribution in [1.82, 2.24) is 0 Å². The highest BCUT2D eigenvalue weighted by molar-refractivity contribution is 5.69. The Labute approximate surface area is 163 Å². The van der Waals surface area contributed by atoms with Crippen molar-refractivity contribution in [3.05, 3.63) is 106 Å². The normalized spacial score (nSPS) is 11.2. The van der Waals surface area contributed by atoms with Gasteiger partial charge < -0.3 is 4.74 Å². The van der Waals surface area contributed by atoms with Crippen molar-refractivity contribution < 1.29 is 4.74 Å². The van der Waals surface area contributed by atoms with Crippen LogP contribution in [0, 0.1) is 13.8 Å². The van der Waals surface area contributed by atoms with Crippen LogP contribution in [0.5, 0.6) is 0 Å². The Balaban J connectivity index is 1.59. The monoisotopic (exact) mass is 356 g/mol. The molecule has 0 bridgehead atoms. The maximum Gasteiger partial charge on any atom is 0.0713 e. The Morgan fingerprint density at radius 3 is 1.89 bits per heavy atom. The van der Waals surface area contributed by atoms with E-state index < -0.39 is 0 Å². The minimum Gasteiger partial charge on any atom is -0.380 e. The van der Waals surface area contributed by atoms with Crippen LogP contribution in [0.1, 0.15) is 38.9 Å². The average molecular weight is 357 g/mol. The van der Waals surface area contributed by atoms with Crippen LogP contribution in [-0.4, -0.2) is 7.11 Å². The molecule has 0 unspecified atom stereocenters. The molecule has 0 saturated heterocycles. The van der Waals surface area contributed by atoms with Gasteiger partial charge in [0.05, 0.1) is 6.61 Å². The molecule has 0 spiro atoms. The predicted molar refractivity (Wildman–Crippen MR) is 116 cm³/mol. The van der Waals surface area contributed by atoms with Gasteiger partial charge in [0.25, 0.3) is 0 Å². The third-order valence-corrected chi connectivity index (χ3v) is 4.93. The highest BCUT2D eigenvalue weighted by Crippen LogP contribution is 2.16. The minimum atomic E-state index is 0.660. The summed E-state index contributed by atoms with van der Waals surface area (Å²) in [4.78, 5) is 0. The predicted octanol–water partition coefficient (Wildman–Crippen LogP) is 6.41. The Hall–Kier alpha value is -2.64. The molecule has 0 radical (unpaired) electrons. The minimum absolute atomic E-state index is 0.660. The van der Waals surface area contributed by atoms with Crippen molar-refractivity contribution in [2.24, 2.45) is 0 Å². The van der Waals surface area contributed by atoms with Crippen LogP contribution in [0.4, 0.5) is 0 Å². The molecule has 3 rings (SSSR count). The van der Waals surface area contributed by atoms with Gasteiger partial charge in [-0.3, -0.25) is 0 Å². The Morgan fingerprint density at radius 2 is 1.30 bits per heavy atom. The highest BCUT2D eigenvalue weighted by atomic mass is 16.5. The molecule has 0 saturated carbocycles. The quantitative estimate of drug-likeness (QED) is 0.445. The summed E-state index contributed by atoms with van der Waals surface area (Å²) in [7, 11) is 1.72. The zero-order valence-electron chi connectivity index (χ0n) is 16.5. The van der Waals surface area contributed by atoms with Gasteiger partial charge in [0.15, 0.2) is 0 Å². The average Bonchev–Trinajstić information content (AvgIpc) is 2.69. The van der Waals surface area contributed by atoms with E-state index >= 15 is 0 Å². The van der Waals surface area contributed by atoms with Crippen LogP contribution >= 0.6 is 0 Å². The van der Waals surface area contributed by atoms with Gasteiger partial charge in [0.2, 0.25) is 0 Å². The summed E-state index contributed by atoms with van der Waals surface area (Å²) in [5.74, 6) is 0. The third kappa shape index (κ3) is 5.67. The van der Waals surface area contributed by atoms with Crippen molar-refractivity contribution in [1.29, 1.82) is 0 Å². The molecule has 0 fully saturated rings. The molecule has 0 amide bonds. The van der Waals surface area contributed by atoms with Crippen LogP contribution in [0.3, 0.4) is 0 Å². The molecule has 0 aliphatic rings. The fourth-order valence-corrected chi connectivity index (χ4v) is 3.23. The smallest absolute Gasteiger partial charge is 0.0713 e. The van der Waals surface area contributed by atoms with E-state index in [2.05, 4.69) is 92.7 Å². The van der Waals surface area contributed by atoms with E-state index in [1.165, 1.54) is 38.9 Å². The van der Waals surface area contributed by atoms with Gasteiger partial charge in [-0.1, -0.05) is 84.4 Å². The lowest BCUT2D eigenvalue weighted by molar-refractivity contribution is 0.185. The lowest BCUT2D eigenvalue weighted by Gasteiger charge is -2.07. The van der Waals surface area contributed by atoms with E-state index in [0.717, 1.165) is 12.8 Å². The Bertz CT molecular complexity index is 886. The van der Waals surface area contributed by atoms with E-state index in [4.69, 9.17) is 4.74 Å². The van der Waals surface area contributed by atoms with Crippen molar-refractivity contribution in [3.63, 3.8) is 0 Å². The number of rotatable bonds is 7. The van der Waals surface area contributed by atoms with Crippen molar-refractivity contribution >= 4 is 12.2 Å². The summed E-state index contributed by atoms with van der Waals surface area (Å²) in [6, 6.07) is 24.1. The fourth-order valence-electron chi connectivity index (χ4n) is 3.23. The number of aryl methyl sites for hydroxylation is 4. The molecule has 138 valence electrons. The zero-order valence-corrected chi connectivity index (χ0v) is 16.5. The molecule has 0 heterocycles. The second-order valence-corrected chi connectivity index (χ2v) is 7.18. The molecule has 0 N–H and O–H groups in total. The van der Waals surface area contributed by atoms with E-state index in [-0.39, 0.29) is 0 Å². The standard InChI is InChI=1S/C26H28O/c1-20-4-5-21(2)26(18-20)17-16-24-10-8-22(9-11-24)6-7-23-12-14-25(15-13-23)19-27-3/h4-15,18H,16-17,19H2,1-3H3/b7-6+. The van der Waals surface area contributed by atoms with E-state index in [1.54, 1.807) is 7.11 Å². The Kier molecular flexibility index (Phi) is 6.62. The third-order valence-electron chi connectivity index (χ3n) is 4.93. The highest BCUT2D eigenvalue weighted by Gasteiger charge is 2.00. The fraction of sp³-hybridized carbons (Fsp3) is 0.231. The molecule has 0 aromatic heterocycles. The van der Waals surface area contributed by atoms with Gasteiger partial charge in [-0.05, 0) is 60.1 Å². The molecule has 3 aromatic carbocycles. The van der Waals surface area contributed by atoms with Gasteiger partial charge in [-0.15, -0.1) is 0 Å². The first-order chi connectivity index (χ1) is 13.1. The molecule has 0 aliphatic carbocycles. The van der Waals surface area contributed by atoms with Gasteiger partial charge in [-0.25, -0.2) is 0 Å². The summed E-state index contributed by atoms with van der Waals surface area (Å²) in [6.07, 6.45) is 6.49. The maximum atomic E-state index is 5.15. The van der Waals surface area contributed by atoms with Crippen molar-refractivity contribution in [3.8, 4) is 0 Å². The summed E-state index contributed by atoms with van der Waals surface area (Å²) < 4.78 is 5.15. The summed E-state index contributed by atoms with van der Waals surface area (Å²) in [6.45, 7) is 5.02. The summed E-state index contributed by atoms with van der Waals surface area (Å²) >= 11 is 0. The van der Waals surface area contributed by atoms with E-state index in [9.17, 15) is 0 Å². The number of hydrogen-bond acceptors (Lipinski definition) is 1. The van der Waals surface area contributed by atoms with E-state index in [0.29, 0.717) is 6.61 Å². The number of benzene rings is 3. The number of hydrogen-bond donors (Lipinski definition) is 0. The molecular formula is C26H28O. The van der Waals surface area contributed by atoms with Crippen LogP contribution in [0.25, 0.3) is 12.2 Å². The molecule has 3 aromatic rings. The first-order valence-electron chi connectivity index (χ1n) is 9.55. The second-order valence-electron chi connectivity index (χ2n) is 7.18. The SMILES string of the molecule is COCc1ccc(/C=C/c2ccc(CCc3cc(C)ccc3C)cc2)cc1. The van der Waals surface area contributed by atoms with Crippen LogP contribution in [-0.2, 0) is 24.2 Å². The zero-order chi connectivity index (χ0) is 19.1. The number of methoxy groups -OCH3 is 1. The molecular weight excluding hydrogens is 328 g/mol. The molecule has 0 atom stereocenters. The summed E-state index contributed by atoms with van der Waals surface area (Å²) in [5.41, 5.74) is 9.19. The number of ether oxygens (including phenoxy) is 1. The second kappa shape index (κ2) is 9.34. The molecule has 0 aliphatic heterocycles. The van der Waals surface area contributed by atoms with Crippen molar-refractivity contribution in [2.45, 2.75) is 33.3 Å². The van der Waals surface area contributed by atoms with Crippen molar-refractivity contribution in [2.75, 3.05) is 7.11 Å². The first kappa shape index (κ1) is 19.1. The molecule has 1 heteroatoms. The maximum absolute atomic E-state index is 5.15. The van der Waals surface area contributed by atoms with Gasteiger partial charge >= 0.3 is 0 Å². The molecule has 27 heavy (non-hydrogen) atoms. The van der Waals surface area contributed by atoms with Crippen LogP contribution in [0.15, 0.2) is 66.7 Å². The lowest BCUT2D eigenvalue weighted by Crippen LogP contribution is -1.95. The van der Waals surface area contributed by atoms with E-state index in [1.807, 2.05) is 0 Å². The van der Waals surface area contributed by atoms with Crippen LogP contribution < -0.4 is 0 Å². The van der Waals surface area contributed by atoms with Gasteiger partial charge in [-0.2, -0.15) is 0 Å². The van der Waals surface area contributed by atoms with Gasteiger partial charge in [0, 0.05) is 7.11 Å². The van der Waals surface area contributed by atoms with Gasteiger partial charge in [0.1, 0.15) is 0 Å². The Morgan fingerprint density at radius 1 is 0.704 bits per heavy atom. The van der Waals surface area contributed by atoms with Crippen LogP contribution in [0.2, 0.25) is 0 Å². The molecule has 1 nitrogen and oxygen atoms in total. The topological polar surface area (TPSA) is 9.23 Å². The first-order valence-corrected chi connectivity index (χ1v) is 9.55. The largest absolute Gasteiger partial charge is 0.380 e. The lowest BCUT2D eigenvalue weighted by atomic mass is 9.98. The summed E-state index contributed by atoms with van der Waals surface area (Å²) in [5, 5.41) is 0.